The van der Waals surface area contributed by atoms with Crippen molar-refractivity contribution in [3.63, 3.8) is 0 Å². The molecule has 0 aliphatic rings. The molecule has 4 N–H and O–H groups in total. The van der Waals surface area contributed by atoms with Gasteiger partial charge in [-0.05, 0) is 67.3 Å². The summed E-state index contributed by atoms with van der Waals surface area (Å²) in [6.45, 7) is 1.28. The molecule has 0 aromatic heterocycles. The molecule has 3 aromatic rings. The lowest BCUT2D eigenvalue weighted by molar-refractivity contribution is -0.137. The largest absolute Gasteiger partial charge is 0.508 e. The van der Waals surface area contributed by atoms with Gasteiger partial charge in [0.05, 0.1) is 18.7 Å². The second-order valence-corrected chi connectivity index (χ2v) is 9.31. The molecule has 3 aromatic carbocycles. The van der Waals surface area contributed by atoms with Crippen LogP contribution in [0.2, 0.25) is 0 Å². The molecule has 0 spiro atoms. The molecular weight excluding hydrogens is 516 g/mol. The van der Waals surface area contributed by atoms with Gasteiger partial charge in [-0.15, -0.1) is 0 Å². The normalized spacial score (nSPS) is 12.3. The van der Waals surface area contributed by atoms with Gasteiger partial charge in [-0.1, -0.05) is 24.3 Å². The molecule has 0 bridgehead atoms. The zero-order chi connectivity index (χ0) is 28.6. The zero-order valence-electron chi connectivity index (χ0n) is 21.3. The molecule has 0 saturated carbocycles. The maximum Gasteiger partial charge on any atom is 0.416 e. The van der Waals surface area contributed by atoms with Crippen LogP contribution in [0.25, 0.3) is 0 Å². The van der Waals surface area contributed by atoms with Gasteiger partial charge in [-0.2, -0.15) is 13.2 Å². The molecular formula is C29H30F4N2O4. The third kappa shape index (κ3) is 8.90. The number of amides is 1. The van der Waals surface area contributed by atoms with Crippen LogP contribution < -0.4 is 10.6 Å². The van der Waals surface area contributed by atoms with Crippen LogP contribution in [0.4, 0.5) is 17.6 Å². The van der Waals surface area contributed by atoms with Gasteiger partial charge in [0.25, 0.3) is 0 Å². The van der Waals surface area contributed by atoms with E-state index < -0.39 is 23.5 Å². The van der Waals surface area contributed by atoms with E-state index >= 15 is 0 Å². The highest BCUT2D eigenvalue weighted by Gasteiger charge is 2.31. The number of carbonyl (C=O) groups excluding carboxylic acids is 2. The SMILES string of the molecule is C[C@H](Cc1cccc(CCC(=O)NCc2cc(C(F)(F)F)ccc2F)c1)NCC(=O)c1ccc(O)c(CO)c1. The summed E-state index contributed by atoms with van der Waals surface area (Å²) in [4.78, 5) is 24.7. The van der Waals surface area contributed by atoms with Gasteiger partial charge >= 0.3 is 6.18 Å². The van der Waals surface area contributed by atoms with Crippen LogP contribution in [0, 0.1) is 5.82 Å². The minimum Gasteiger partial charge on any atom is -0.508 e. The second-order valence-electron chi connectivity index (χ2n) is 9.31. The van der Waals surface area contributed by atoms with Crippen molar-refractivity contribution in [2.24, 2.45) is 0 Å². The van der Waals surface area contributed by atoms with E-state index in [1.54, 1.807) is 0 Å². The molecule has 208 valence electrons. The van der Waals surface area contributed by atoms with Crippen LogP contribution >= 0.6 is 0 Å². The first-order valence-electron chi connectivity index (χ1n) is 12.4. The Morgan fingerprint density at radius 1 is 0.974 bits per heavy atom. The van der Waals surface area contributed by atoms with E-state index in [1.807, 2.05) is 31.2 Å². The van der Waals surface area contributed by atoms with Crippen LogP contribution in [-0.4, -0.2) is 34.5 Å². The highest BCUT2D eigenvalue weighted by molar-refractivity contribution is 5.98. The minimum absolute atomic E-state index is 0.0516. The van der Waals surface area contributed by atoms with Crippen LogP contribution in [0.1, 0.15) is 51.5 Å². The van der Waals surface area contributed by atoms with Crippen molar-refractivity contribution in [3.8, 4) is 5.75 Å². The first-order chi connectivity index (χ1) is 18.5. The topological polar surface area (TPSA) is 98.7 Å². The highest BCUT2D eigenvalue weighted by Crippen LogP contribution is 2.30. The molecule has 0 radical (unpaired) electrons. The maximum atomic E-state index is 13.9. The van der Waals surface area contributed by atoms with Crippen LogP contribution in [0.5, 0.6) is 5.75 Å². The Kier molecular flexibility index (Phi) is 10.2. The van der Waals surface area contributed by atoms with Gasteiger partial charge in [-0.3, -0.25) is 9.59 Å². The van der Waals surface area contributed by atoms with Crippen molar-refractivity contribution >= 4 is 11.7 Å². The maximum absolute atomic E-state index is 13.9. The minimum atomic E-state index is -4.60. The smallest absolute Gasteiger partial charge is 0.416 e. The van der Waals surface area contributed by atoms with Gasteiger partial charge in [-0.25, -0.2) is 4.39 Å². The lowest BCUT2D eigenvalue weighted by Crippen LogP contribution is -2.33. The van der Waals surface area contributed by atoms with Crippen molar-refractivity contribution in [2.75, 3.05) is 6.54 Å². The third-order valence-corrected chi connectivity index (χ3v) is 6.21. The average molecular weight is 547 g/mol. The molecule has 0 aliphatic heterocycles. The molecule has 10 heteroatoms. The number of nitrogens with one attached hydrogen (secondary N) is 2. The summed E-state index contributed by atoms with van der Waals surface area (Å²) in [7, 11) is 0. The fourth-order valence-electron chi connectivity index (χ4n) is 4.02. The van der Waals surface area contributed by atoms with Gasteiger partial charge in [0.15, 0.2) is 5.78 Å². The summed E-state index contributed by atoms with van der Waals surface area (Å²) in [6.07, 6.45) is -3.52. The third-order valence-electron chi connectivity index (χ3n) is 6.21. The number of phenols is 1. The number of aryl methyl sites for hydroxylation is 1. The van der Waals surface area contributed by atoms with E-state index in [9.17, 15) is 37.4 Å². The number of halogens is 4. The Labute approximate surface area is 223 Å². The summed E-state index contributed by atoms with van der Waals surface area (Å²) in [5.74, 6) is -1.48. The summed E-state index contributed by atoms with van der Waals surface area (Å²) in [5, 5.41) is 24.5. The Bertz CT molecular complexity index is 1310. The number of benzene rings is 3. The summed E-state index contributed by atoms with van der Waals surface area (Å²) in [5.41, 5.74) is 1.32. The molecule has 1 atom stereocenters. The van der Waals surface area contributed by atoms with Gasteiger partial charge < -0.3 is 20.8 Å². The Hall–Kier alpha value is -3.76. The molecule has 39 heavy (non-hydrogen) atoms. The van der Waals surface area contributed by atoms with E-state index in [4.69, 9.17) is 0 Å². The summed E-state index contributed by atoms with van der Waals surface area (Å²) in [6, 6.07) is 13.9. The molecule has 0 aliphatic carbocycles. The quantitative estimate of drug-likeness (QED) is 0.195. The Morgan fingerprint density at radius 2 is 1.72 bits per heavy atom. The van der Waals surface area contributed by atoms with E-state index in [-0.39, 0.29) is 54.8 Å². The standard InChI is InChI=1S/C29H30F4N2O4/c1-18(34-16-27(38)21-6-9-26(37)23(13-21)17-36)11-20-4-2-3-19(12-20)5-10-28(39)35-15-22-14-24(29(31,32)33)7-8-25(22)30/h2-4,6-9,12-14,18,34,36-37H,5,10-11,15-17H2,1H3,(H,35,39)/t18-/m1/s1. The number of alkyl halides is 3. The molecule has 3 rings (SSSR count). The zero-order valence-corrected chi connectivity index (χ0v) is 21.3. The highest BCUT2D eigenvalue weighted by atomic mass is 19.4. The van der Waals surface area contributed by atoms with E-state index in [2.05, 4.69) is 10.6 Å². The number of Topliss-reactive ketones (excluding diaryl/α,β-unsaturated/α-hetero) is 1. The van der Waals surface area contributed by atoms with Crippen molar-refractivity contribution < 1.29 is 37.4 Å². The Morgan fingerprint density at radius 3 is 2.44 bits per heavy atom. The second kappa shape index (κ2) is 13.3. The lowest BCUT2D eigenvalue weighted by Gasteiger charge is -2.15. The molecule has 0 heterocycles. The van der Waals surface area contributed by atoms with Crippen molar-refractivity contribution in [2.45, 2.75) is 51.6 Å². The number of aliphatic hydroxyl groups is 1. The fraction of sp³-hybridized carbons (Fsp3) is 0.310. The van der Waals surface area contributed by atoms with E-state index in [1.165, 1.54) is 18.2 Å². The summed E-state index contributed by atoms with van der Waals surface area (Å²) >= 11 is 0. The number of aromatic hydroxyl groups is 1. The van der Waals surface area contributed by atoms with Crippen LogP contribution in [0.3, 0.4) is 0 Å². The van der Waals surface area contributed by atoms with Crippen LogP contribution in [-0.2, 0) is 37.0 Å². The molecule has 1 amide bonds. The Balaban J connectivity index is 1.47. The predicted molar refractivity (Wildman–Crippen MR) is 138 cm³/mol. The summed E-state index contributed by atoms with van der Waals surface area (Å²) < 4.78 is 52.5. The number of rotatable bonds is 12. The first kappa shape index (κ1) is 29.8. The van der Waals surface area contributed by atoms with Crippen molar-refractivity contribution in [1.29, 1.82) is 0 Å². The molecule has 0 saturated heterocycles. The number of carbonyl (C=O) groups is 2. The number of ketones is 1. The van der Waals surface area contributed by atoms with Crippen LogP contribution in [0.15, 0.2) is 60.7 Å². The number of aliphatic hydroxyl groups excluding tert-OH is 1. The predicted octanol–water partition coefficient (Wildman–Crippen LogP) is 4.69. The monoisotopic (exact) mass is 546 g/mol. The van der Waals surface area contributed by atoms with Gasteiger partial charge in [0, 0.05) is 35.7 Å². The number of hydrogen-bond acceptors (Lipinski definition) is 5. The van der Waals surface area contributed by atoms with Gasteiger partial charge in [0.2, 0.25) is 5.91 Å². The van der Waals surface area contributed by atoms with Crippen molar-refractivity contribution in [1.82, 2.24) is 10.6 Å². The number of hydrogen-bond donors (Lipinski definition) is 4. The average Bonchev–Trinajstić information content (AvgIpc) is 2.90. The lowest BCUT2D eigenvalue weighted by atomic mass is 10.0. The van der Waals surface area contributed by atoms with E-state index in [0.717, 1.165) is 17.2 Å². The van der Waals surface area contributed by atoms with Crippen molar-refractivity contribution in [3.05, 3.63) is 99.9 Å². The molecule has 0 unspecified atom stereocenters. The molecule has 6 nitrogen and oxygen atoms in total. The first-order valence-corrected chi connectivity index (χ1v) is 12.4. The van der Waals surface area contributed by atoms with Gasteiger partial charge in [0.1, 0.15) is 11.6 Å². The fourth-order valence-corrected chi connectivity index (χ4v) is 4.02. The van der Waals surface area contributed by atoms with E-state index in [0.29, 0.717) is 30.5 Å². The molecule has 0 fully saturated rings.